The highest BCUT2D eigenvalue weighted by atomic mass is 127. The van der Waals surface area contributed by atoms with Crippen LogP contribution in [0.1, 0.15) is 15.9 Å². The summed E-state index contributed by atoms with van der Waals surface area (Å²) in [6, 6.07) is 7.46. The number of carbonyl (C=O) groups is 5. The van der Waals surface area contributed by atoms with Crippen LogP contribution in [0.25, 0.3) is 6.08 Å². The Morgan fingerprint density at radius 2 is 1.84 bits per heavy atom. The predicted molar refractivity (Wildman–Crippen MR) is 147 cm³/mol. The van der Waals surface area contributed by atoms with E-state index in [1.165, 1.54) is 45.6 Å². The van der Waals surface area contributed by atoms with Crippen LogP contribution in [0.3, 0.4) is 0 Å². The van der Waals surface area contributed by atoms with Crippen LogP contribution in [-0.4, -0.2) is 68.4 Å². The molecule has 1 aliphatic heterocycles. The van der Waals surface area contributed by atoms with Crippen molar-refractivity contribution in [2.24, 2.45) is 0 Å². The van der Waals surface area contributed by atoms with Crippen LogP contribution < -0.4 is 14.8 Å². The van der Waals surface area contributed by atoms with Crippen LogP contribution in [0.2, 0.25) is 5.02 Å². The molecule has 14 heteroatoms. The zero-order chi connectivity index (χ0) is 28.0. The van der Waals surface area contributed by atoms with E-state index in [4.69, 9.17) is 21.1 Å². The van der Waals surface area contributed by atoms with Gasteiger partial charge in [-0.3, -0.25) is 19.3 Å². The van der Waals surface area contributed by atoms with Gasteiger partial charge in [0, 0.05) is 5.69 Å². The monoisotopic (exact) mass is 674 g/mol. The van der Waals surface area contributed by atoms with Crippen molar-refractivity contribution >= 4 is 86.7 Å². The molecule has 2 aromatic carbocycles. The SMILES string of the molecule is COC(=O)COc1c(I)cc(/C=C2\SC(=O)N(CC(=O)Nc3ccc(Cl)c(C(=O)OC)c3)C2=O)cc1OC. The molecule has 0 radical (unpaired) electrons. The Morgan fingerprint density at radius 1 is 1.11 bits per heavy atom. The summed E-state index contributed by atoms with van der Waals surface area (Å²) >= 11 is 8.65. The maximum Gasteiger partial charge on any atom is 0.343 e. The minimum atomic E-state index is -0.684. The van der Waals surface area contributed by atoms with E-state index in [2.05, 4.69) is 14.8 Å². The number of benzene rings is 2. The Kier molecular flexibility index (Phi) is 9.99. The molecule has 0 bridgehead atoms. The topological polar surface area (TPSA) is 138 Å². The van der Waals surface area contributed by atoms with Crippen LogP contribution in [0, 0.1) is 3.57 Å². The number of nitrogens with one attached hydrogen (secondary N) is 1. The lowest BCUT2D eigenvalue weighted by molar-refractivity contribution is -0.143. The molecular weight excluding hydrogens is 655 g/mol. The molecule has 0 saturated carbocycles. The molecule has 3 amide bonds. The number of amides is 3. The number of hydrogen-bond acceptors (Lipinski definition) is 10. The fraction of sp³-hybridized carbons (Fsp3) is 0.208. The Balaban J connectivity index is 1.74. The number of carbonyl (C=O) groups excluding carboxylic acids is 5. The van der Waals surface area contributed by atoms with Crippen LogP contribution in [0.5, 0.6) is 11.5 Å². The van der Waals surface area contributed by atoms with Crippen molar-refractivity contribution in [3.63, 3.8) is 0 Å². The Morgan fingerprint density at radius 3 is 2.50 bits per heavy atom. The Hall–Kier alpha value is -3.30. The number of halogens is 2. The molecule has 0 unspecified atom stereocenters. The molecule has 11 nitrogen and oxygen atoms in total. The lowest BCUT2D eigenvalue weighted by atomic mass is 10.2. The number of ether oxygens (including phenoxy) is 4. The Labute approximate surface area is 239 Å². The zero-order valence-corrected chi connectivity index (χ0v) is 23.9. The first-order valence-corrected chi connectivity index (χ1v) is 12.9. The van der Waals surface area contributed by atoms with Gasteiger partial charge in [-0.2, -0.15) is 0 Å². The van der Waals surface area contributed by atoms with Crippen LogP contribution in [0.15, 0.2) is 35.2 Å². The summed E-state index contributed by atoms with van der Waals surface area (Å²) in [4.78, 5) is 62.1. The van der Waals surface area contributed by atoms with Crippen molar-refractivity contribution in [3.8, 4) is 11.5 Å². The van der Waals surface area contributed by atoms with E-state index < -0.39 is 35.5 Å². The molecule has 1 N–H and O–H groups in total. The number of esters is 2. The lowest BCUT2D eigenvalue weighted by Gasteiger charge is -2.13. The fourth-order valence-electron chi connectivity index (χ4n) is 3.15. The third-order valence-corrected chi connectivity index (χ3v) is 6.98. The first kappa shape index (κ1) is 29.3. The van der Waals surface area contributed by atoms with Gasteiger partial charge < -0.3 is 24.3 Å². The summed E-state index contributed by atoms with van der Waals surface area (Å²) in [7, 11) is 3.86. The smallest absolute Gasteiger partial charge is 0.343 e. The molecule has 38 heavy (non-hydrogen) atoms. The van der Waals surface area contributed by atoms with Gasteiger partial charge in [-0.25, -0.2) is 9.59 Å². The van der Waals surface area contributed by atoms with E-state index in [1.807, 2.05) is 22.6 Å². The molecule has 0 aromatic heterocycles. The zero-order valence-electron chi connectivity index (χ0n) is 20.2. The highest BCUT2D eigenvalue weighted by Gasteiger charge is 2.36. The maximum atomic E-state index is 12.9. The van der Waals surface area contributed by atoms with Crippen LogP contribution in [0.4, 0.5) is 10.5 Å². The third-order valence-electron chi connectivity index (χ3n) is 4.94. The minimum Gasteiger partial charge on any atom is -0.493 e. The molecule has 3 rings (SSSR count). The number of imide groups is 1. The quantitative estimate of drug-likeness (QED) is 0.236. The van der Waals surface area contributed by atoms with Gasteiger partial charge in [0.15, 0.2) is 18.1 Å². The van der Waals surface area contributed by atoms with Crippen molar-refractivity contribution in [1.82, 2.24) is 4.90 Å². The van der Waals surface area contributed by atoms with Gasteiger partial charge in [-0.15, -0.1) is 0 Å². The first-order chi connectivity index (χ1) is 18.1. The molecule has 2 aromatic rings. The Bertz CT molecular complexity index is 1350. The average Bonchev–Trinajstić information content (AvgIpc) is 3.15. The average molecular weight is 675 g/mol. The van der Waals surface area contributed by atoms with Crippen molar-refractivity contribution in [2.45, 2.75) is 0 Å². The summed E-state index contributed by atoms with van der Waals surface area (Å²) in [6.45, 7) is -0.859. The number of methoxy groups -OCH3 is 3. The first-order valence-electron chi connectivity index (χ1n) is 10.6. The fourth-order valence-corrected chi connectivity index (χ4v) is 4.97. The van der Waals surface area contributed by atoms with Gasteiger partial charge in [0.1, 0.15) is 6.54 Å². The number of hydrogen-bond donors (Lipinski definition) is 1. The lowest BCUT2D eigenvalue weighted by Crippen LogP contribution is -2.36. The summed E-state index contributed by atoms with van der Waals surface area (Å²) in [5.41, 5.74) is 0.814. The van der Waals surface area contributed by atoms with Crippen molar-refractivity contribution < 1.29 is 42.9 Å². The predicted octanol–water partition coefficient (Wildman–Crippen LogP) is 3.97. The molecular formula is C24H20ClIN2O9S. The van der Waals surface area contributed by atoms with Gasteiger partial charge in [0.25, 0.3) is 11.1 Å². The van der Waals surface area contributed by atoms with Crippen molar-refractivity contribution in [1.29, 1.82) is 0 Å². The largest absolute Gasteiger partial charge is 0.493 e. The summed E-state index contributed by atoms with van der Waals surface area (Å²) in [5, 5.41) is 2.05. The van der Waals surface area contributed by atoms with E-state index in [1.54, 1.807) is 12.1 Å². The number of nitrogens with zero attached hydrogens (tertiary/aromatic N) is 1. The molecule has 1 heterocycles. The van der Waals surface area contributed by atoms with Crippen molar-refractivity contribution in [3.05, 3.63) is 55.0 Å². The summed E-state index contributed by atoms with van der Waals surface area (Å²) in [6.07, 6.45) is 1.49. The van der Waals surface area contributed by atoms with E-state index in [9.17, 15) is 24.0 Å². The molecule has 1 aliphatic rings. The standard InChI is InChI=1S/C24H20ClIN2O9S/c1-34-17-7-12(6-16(26)21(17)37-11-20(30)35-2)8-18-22(31)28(24(33)38-18)10-19(29)27-13-4-5-15(25)14(9-13)23(32)36-3/h4-9H,10-11H2,1-3H3,(H,27,29)/b18-8-. The molecule has 0 atom stereocenters. The van der Waals surface area contributed by atoms with E-state index in [0.717, 1.165) is 4.90 Å². The molecule has 200 valence electrons. The molecule has 0 aliphatic carbocycles. The number of rotatable bonds is 9. The normalized spacial score (nSPS) is 13.9. The van der Waals surface area contributed by atoms with E-state index >= 15 is 0 Å². The van der Waals surface area contributed by atoms with Gasteiger partial charge >= 0.3 is 11.9 Å². The minimum absolute atomic E-state index is 0.0489. The molecule has 1 fully saturated rings. The highest BCUT2D eigenvalue weighted by molar-refractivity contribution is 14.1. The van der Waals surface area contributed by atoms with E-state index in [-0.39, 0.29) is 27.8 Å². The summed E-state index contributed by atoms with van der Waals surface area (Å²) < 4.78 is 20.6. The maximum absolute atomic E-state index is 12.9. The molecule has 1 saturated heterocycles. The second kappa shape index (κ2) is 13.0. The van der Waals surface area contributed by atoms with Crippen LogP contribution >= 0.6 is 46.0 Å². The highest BCUT2D eigenvalue weighted by Crippen LogP contribution is 2.37. The van der Waals surface area contributed by atoms with E-state index in [0.29, 0.717) is 32.4 Å². The van der Waals surface area contributed by atoms with Gasteiger partial charge in [-0.1, -0.05) is 11.6 Å². The van der Waals surface area contributed by atoms with Crippen LogP contribution in [-0.2, 0) is 23.9 Å². The molecule has 0 spiro atoms. The van der Waals surface area contributed by atoms with Gasteiger partial charge in [0.2, 0.25) is 5.91 Å². The van der Waals surface area contributed by atoms with Gasteiger partial charge in [0.05, 0.1) is 40.4 Å². The second-order valence-corrected chi connectivity index (χ2v) is 9.96. The second-order valence-electron chi connectivity index (χ2n) is 7.40. The number of thioether (sulfide) groups is 1. The van der Waals surface area contributed by atoms with Gasteiger partial charge in [-0.05, 0) is 76.3 Å². The summed E-state index contributed by atoms with van der Waals surface area (Å²) in [5.74, 6) is -1.93. The van der Waals surface area contributed by atoms with Crippen molar-refractivity contribution in [2.75, 3.05) is 39.8 Å². The third kappa shape index (κ3) is 6.96. The number of anilines is 1.